The summed E-state index contributed by atoms with van der Waals surface area (Å²) in [5, 5.41) is 10.5. The molecular formula is C21H15BrF3N3O4S. The Morgan fingerprint density at radius 3 is 2.76 bits per heavy atom. The van der Waals surface area contributed by atoms with Crippen molar-refractivity contribution < 1.29 is 32.2 Å². The maximum absolute atomic E-state index is 12.9. The van der Waals surface area contributed by atoms with E-state index in [2.05, 4.69) is 36.2 Å². The van der Waals surface area contributed by atoms with E-state index in [0.29, 0.717) is 16.9 Å². The van der Waals surface area contributed by atoms with Crippen LogP contribution in [0.15, 0.2) is 68.1 Å². The highest BCUT2D eigenvalue weighted by molar-refractivity contribution is 9.10. The van der Waals surface area contributed by atoms with Crippen LogP contribution in [0.4, 0.5) is 13.2 Å². The van der Waals surface area contributed by atoms with Crippen LogP contribution in [0.1, 0.15) is 16.7 Å². The number of methoxy groups -OCH3 is 1. The first kappa shape index (κ1) is 24.5. The number of esters is 1. The van der Waals surface area contributed by atoms with Gasteiger partial charge in [0.1, 0.15) is 12.4 Å². The van der Waals surface area contributed by atoms with Crippen molar-refractivity contribution in [2.45, 2.75) is 12.8 Å². The smallest absolute Gasteiger partial charge is 0.416 e. The van der Waals surface area contributed by atoms with Crippen molar-refractivity contribution in [3.05, 3.63) is 74.6 Å². The van der Waals surface area contributed by atoms with Crippen molar-refractivity contribution in [3.8, 4) is 5.75 Å². The lowest BCUT2D eigenvalue weighted by atomic mass is 10.1. The molecular weight excluding hydrogens is 527 g/mol. The minimum absolute atomic E-state index is 0.0888. The Hall–Kier alpha value is -3.12. The van der Waals surface area contributed by atoms with Crippen LogP contribution < -0.4 is 10.1 Å². The largest absolute Gasteiger partial charge is 0.488 e. The van der Waals surface area contributed by atoms with Gasteiger partial charge in [-0.05, 0) is 47.7 Å². The number of halogens is 4. The van der Waals surface area contributed by atoms with Gasteiger partial charge in [0.2, 0.25) is 0 Å². The number of hydrogen-bond acceptors (Lipinski definition) is 7. The number of carbonyl (C=O) groups excluding carboxylic acids is 2. The Kier molecular flexibility index (Phi) is 7.92. The van der Waals surface area contributed by atoms with E-state index in [4.69, 9.17) is 4.74 Å². The molecule has 0 saturated carbocycles. The molecule has 0 unspecified atom stereocenters. The molecule has 1 aliphatic rings. The number of carbonyl (C=O) groups is 2. The number of amidine groups is 1. The van der Waals surface area contributed by atoms with Crippen LogP contribution in [0.5, 0.6) is 5.75 Å². The number of ether oxygens (including phenoxy) is 2. The quantitative estimate of drug-likeness (QED) is 0.249. The maximum Gasteiger partial charge on any atom is 0.416 e. The summed E-state index contributed by atoms with van der Waals surface area (Å²) in [7, 11) is 1.20. The molecule has 172 valence electrons. The number of benzene rings is 2. The average molecular weight is 542 g/mol. The predicted octanol–water partition coefficient (Wildman–Crippen LogP) is 4.66. The van der Waals surface area contributed by atoms with Gasteiger partial charge in [-0.3, -0.25) is 10.1 Å². The summed E-state index contributed by atoms with van der Waals surface area (Å²) in [6.07, 6.45) is -2.03. The summed E-state index contributed by atoms with van der Waals surface area (Å²) in [5.41, 5.74) is 0.0972. The molecule has 1 saturated heterocycles. The number of nitrogens with zero attached hydrogens (tertiary/aromatic N) is 2. The Morgan fingerprint density at radius 2 is 2.03 bits per heavy atom. The molecule has 3 rings (SSSR count). The van der Waals surface area contributed by atoms with Crippen LogP contribution in [-0.2, 0) is 27.1 Å². The highest BCUT2D eigenvalue weighted by Gasteiger charge is 2.30. The van der Waals surface area contributed by atoms with Gasteiger partial charge in [-0.15, -0.1) is 5.10 Å². The van der Waals surface area contributed by atoms with E-state index in [1.54, 1.807) is 18.2 Å². The monoisotopic (exact) mass is 541 g/mol. The maximum atomic E-state index is 12.9. The van der Waals surface area contributed by atoms with Gasteiger partial charge in [0, 0.05) is 16.1 Å². The average Bonchev–Trinajstić information content (AvgIpc) is 3.11. The first-order valence-corrected chi connectivity index (χ1v) is 10.7. The standard InChI is InChI=1S/C21H15BrF3N3O4S/c1-31-18(29)9-17-19(30)27-20(33-17)28-26-10-13-8-15(22)5-6-16(13)32-11-12-3-2-4-14(7-12)21(23,24)25/h2-10H,11H2,1H3,(H,27,28,30)/b17-9+,26-10?. The van der Waals surface area contributed by atoms with E-state index >= 15 is 0 Å². The molecule has 0 aromatic heterocycles. The summed E-state index contributed by atoms with van der Waals surface area (Å²) in [6.45, 7) is -0.0888. The van der Waals surface area contributed by atoms with Gasteiger partial charge in [0.25, 0.3) is 5.91 Å². The SMILES string of the molecule is COC(=O)/C=C1/S/C(=N\N=Cc2cc(Br)ccc2OCc2cccc(C(F)(F)F)c2)NC1=O. The van der Waals surface area contributed by atoms with Gasteiger partial charge in [-0.2, -0.15) is 18.3 Å². The van der Waals surface area contributed by atoms with Gasteiger partial charge in [0.15, 0.2) is 5.17 Å². The van der Waals surface area contributed by atoms with Crippen molar-refractivity contribution >= 4 is 51.0 Å². The van der Waals surface area contributed by atoms with Crippen LogP contribution in [0.3, 0.4) is 0 Å². The zero-order valence-electron chi connectivity index (χ0n) is 16.9. The third-order valence-corrected chi connectivity index (χ3v) is 5.46. The second kappa shape index (κ2) is 10.7. The lowest BCUT2D eigenvalue weighted by molar-refractivity contribution is -0.137. The van der Waals surface area contributed by atoms with Gasteiger partial charge in [0.05, 0.1) is 23.8 Å². The normalized spacial score (nSPS) is 16.5. The van der Waals surface area contributed by atoms with Gasteiger partial charge in [-0.1, -0.05) is 28.1 Å². The topological polar surface area (TPSA) is 89.3 Å². The minimum Gasteiger partial charge on any atom is -0.488 e. The molecule has 1 N–H and O–H groups in total. The third-order valence-electron chi connectivity index (χ3n) is 4.07. The van der Waals surface area contributed by atoms with Crippen LogP contribution in [0.2, 0.25) is 0 Å². The second-order valence-electron chi connectivity index (χ2n) is 6.41. The number of alkyl halides is 3. The fourth-order valence-corrected chi connectivity index (χ4v) is 3.65. The van der Waals surface area contributed by atoms with Crippen molar-refractivity contribution in [2.24, 2.45) is 10.2 Å². The van der Waals surface area contributed by atoms with Crippen molar-refractivity contribution in [1.29, 1.82) is 0 Å². The first-order chi connectivity index (χ1) is 15.7. The highest BCUT2D eigenvalue weighted by atomic mass is 79.9. The van der Waals surface area contributed by atoms with E-state index in [0.717, 1.165) is 34.4 Å². The molecule has 0 aliphatic carbocycles. The van der Waals surface area contributed by atoms with Gasteiger partial charge in [-0.25, -0.2) is 4.79 Å². The molecule has 7 nitrogen and oxygen atoms in total. The molecule has 0 atom stereocenters. The Morgan fingerprint density at radius 1 is 1.24 bits per heavy atom. The minimum atomic E-state index is -4.44. The van der Waals surface area contributed by atoms with E-state index in [-0.39, 0.29) is 16.7 Å². The molecule has 1 fully saturated rings. The first-order valence-electron chi connectivity index (χ1n) is 9.14. The molecule has 1 heterocycles. The van der Waals surface area contributed by atoms with Crippen molar-refractivity contribution in [3.63, 3.8) is 0 Å². The second-order valence-corrected chi connectivity index (χ2v) is 8.35. The summed E-state index contributed by atoms with van der Waals surface area (Å²) in [5.74, 6) is -0.810. The number of amides is 1. The molecule has 1 aliphatic heterocycles. The van der Waals surface area contributed by atoms with E-state index in [1.165, 1.54) is 25.5 Å². The molecule has 1 amide bonds. The van der Waals surface area contributed by atoms with Crippen molar-refractivity contribution in [1.82, 2.24) is 5.32 Å². The summed E-state index contributed by atoms with van der Waals surface area (Å²) < 4.78 is 49.6. The number of hydrogen-bond donors (Lipinski definition) is 1. The molecule has 33 heavy (non-hydrogen) atoms. The van der Waals surface area contributed by atoms with Crippen LogP contribution >= 0.6 is 27.7 Å². The highest BCUT2D eigenvalue weighted by Crippen LogP contribution is 2.30. The molecule has 0 spiro atoms. The molecule has 0 radical (unpaired) electrons. The van der Waals surface area contributed by atoms with E-state index in [1.807, 2.05) is 0 Å². The van der Waals surface area contributed by atoms with Crippen LogP contribution in [0.25, 0.3) is 0 Å². The van der Waals surface area contributed by atoms with Crippen molar-refractivity contribution in [2.75, 3.05) is 7.11 Å². The summed E-state index contributed by atoms with van der Waals surface area (Å²) >= 11 is 4.26. The molecule has 0 bridgehead atoms. The lowest BCUT2D eigenvalue weighted by Gasteiger charge is -2.11. The predicted molar refractivity (Wildman–Crippen MR) is 121 cm³/mol. The summed E-state index contributed by atoms with van der Waals surface area (Å²) in [6, 6.07) is 9.90. The third kappa shape index (κ3) is 6.93. The van der Waals surface area contributed by atoms with E-state index < -0.39 is 23.6 Å². The van der Waals surface area contributed by atoms with E-state index in [9.17, 15) is 22.8 Å². The summed E-state index contributed by atoms with van der Waals surface area (Å²) in [4.78, 5) is 23.2. The molecule has 2 aromatic rings. The Labute approximate surface area is 198 Å². The van der Waals surface area contributed by atoms with Gasteiger partial charge < -0.3 is 9.47 Å². The number of thioether (sulfide) groups is 1. The van der Waals surface area contributed by atoms with Crippen LogP contribution in [0, 0.1) is 0 Å². The Bertz CT molecular complexity index is 1170. The fraction of sp³-hybridized carbons (Fsp3) is 0.143. The molecule has 2 aromatic carbocycles. The Balaban J connectivity index is 1.72. The number of rotatable bonds is 6. The lowest BCUT2D eigenvalue weighted by Crippen LogP contribution is -2.19. The molecule has 12 heteroatoms. The van der Waals surface area contributed by atoms with Gasteiger partial charge >= 0.3 is 12.1 Å². The number of nitrogens with one attached hydrogen (secondary N) is 1. The zero-order chi connectivity index (χ0) is 24.0. The fourth-order valence-electron chi connectivity index (χ4n) is 2.53. The van der Waals surface area contributed by atoms with Crippen LogP contribution in [-0.4, -0.2) is 30.4 Å². The zero-order valence-corrected chi connectivity index (χ0v) is 19.3.